The predicted octanol–water partition coefficient (Wildman–Crippen LogP) is 4.48. The summed E-state index contributed by atoms with van der Waals surface area (Å²) in [6.45, 7) is 4.23. The molecule has 2 heterocycles. The summed E-state index contributed by atoms with van der Waals surface area (Å²) in [7, 11) is 0. The number of hydrogen-bond acceptors (Lipinski definition) is 7. The van der Waals surface area contributed by atoms with Crippen LogP contribution in [-0.2, 0) is 0 Å². The van der Waals surface area contributed by atoms with Gasteiger partial charge in [0.25, 0.3) is 0 Å². The molecular formula is C20H20N4O3. The van der Waals surface area contributed by atoms with Gasteiger partial charge in [0.2, 0.25) is 12.7 Å². The van der Waals surface area contributed by atoms with Gasteiger partial charge in [0.15, 0.2) is 11.5 Å². The number of anilines is 4. The van der Waals surface area contributed by atoms with Crippen molar-refractivity contribution in [3.8, 4) is 17.2 Å². The first kappa shape index (κ1) is 17.0. The molecule has 1 aliphatic rings. The van der Waals surface area contributed by atoms with Crippen LogP contribution in [0.15, 0.2) is 54.7 Å². The van der Waals surface area contributed by atoms with Crippen LogP contribution in [0.25, 0.3) is 0 Å². The fourth-order valence-corrected chi connectivity index (χ4v) is 2.66. The summed E-state index contributed by atoms with van der Waals surface area (Å²) in [6, 6.07) is 15.2. The molecule has 1 aliphatic heterocycles. The van der Waals surface area contributed by atoms with E-state index in [9.17, 15) is 0 Å². The van der Waals surface area contributed by atoms with Crippen molar-refractivity contribution < 1.29 is 14.2 Å². The second kappa shape index (κ2) is 7.41. The van der Waals surface area contributed by atoms with Gasteiger partial charge in [0, 0.05) is 18.0 Å². The highest BCUT2D eigenvalue weighted by Crippen LogP contribution is 2.35. The van der Waals surface area contributed by atoms with Gasteiger partial charge in [-0.15, -0.1) is 0 Å². The van der Waals surface area contributed by atoms with E-state index in [0.29, 0.717) is 17.5 Å². The van der Waals surface area contributed by atoms with Gasteiger partial charge in [-0.2, -0.15) is 4.98 Å². The van der Waals surface area contributed by atoms with Crippen molar-refractivity contribution in [2.45, 2.75) is 20.0 Å². The zero-order valence-electron chi connectivity index (χ0n) is 15.1. The fourth-order valence-electron chi connectivity index (χ4n) is 2.66. The van der Waals surface area contributed by atoms with Gasteiger partial charge in [-0.3, -0.25) is 0 Å². The van der Waals surface area contributed by atoms with Gasteiger partial charge in [0.05, 0.1) is 11.8 Å². The highest BCUT2D eigenvalue weighted by atomic mass is 16.7. The van der Waals surface area contributed by atoms with E-state index < -0.39 is 0 Å². The van der Waals surface area contributed by atoms with Crippen molar-refractivity contribution in [3.05, 3.63) is 54.7 Å². The Morgan fingerprint density at radius 1 is 1.00 bits per heavy atom. The summed E-state index contributed by atoms with van der Waals surface area (Å²) in [4.78, 5) is 8.79. The lowest BCUT2D eigenvalue weighted by molar-refractivity contribution is 0.174. The molecule has 0 saturated heterocycles. The van der Waals surface area contributed by atoms with Crippen molar-refractivity contribution >= 4 is 23.1 Å². The zero-order chi connectivity index (χ0) is 18.6. The number of nitrogens with zero attached hydrogens (tertiary/aromatic N) is 2. The summed E-state index contributed by atoms with van der Waals surface area (Å²) < 4.78 is 16.6. The number of fused-ring (bicyclic) bond motifs is 1. The van der Waals surface area contributed by atoms with Crippen LogP contribution < -0.4 is 24.8 Å². The SMILES string of the molecule is CC(C)Oc1ccccc1Nc1ccnc(Nc2ccc3c(c2)OCO3)n1. The molecule has 2 N–H and O–H groups in total. The van der Waals surface area contributed by atoms with Gasteiger partial charge in [-0.25, -0.2) is 4.98 Å². The third-order valence-electron chi connectivity index (χ3n) is 3.80. The first-order chi connectivity index (χ1) is 13.2. The first-order valence-corrected chi connectivity index (χ1v) is 8.70. The Hall–Kier alpha value is -3.48. The number of hydrogen-bond donors (Lipinski definition) is 2. The molecule has 0 spiro atoms. The molecule has 0 saturated carbocycles. The summed E-state index contributed by atoms with van der Waals surface area (Å²) >= 11 is 0. The number of aromatic nitrogens is 2. The summed E-state index contributed by atoms with van der Waals surface area (Å²) in [6.07, 6.45) is 1.78. The maximum Gasteiger partial charge on any atom is 0.231 e. The molecule has 1 aromatic heterocycles. The van der Waals surface area contributed by atoms with Crippen molar-refractivity contribution in [2.24, 2.45) is 0 Å². The molecule has 7 heteroatoms. The Morgan fingerprint density at radius 3 is 2.74 bits per heavy atom. The minimum Gasteiger partial charge on any atom is -0.489 e. The van der Waals surface area contributed by atoms with Crippen molar-refractivity contribution in [1.82, 2.24) is 9.97 Å². The minimum atomic E-state index is 0.0848. The first-order valence-electron chi connectivity index (χ1n) is 8.70. The largest absolute Gasteiger partial charge is 0.489 e. The van der Waals surface area contributed by atoms with E-state index in [1.165, 1.54) is 0 Å². The lowest BCUT2D eigenvalue weighted by Crippen LogP contribution is -2.07. The van der Waals surface area contributed by atoms with Gasteiger partial charge >= 0.3 is 0 Å². The third kappa shape index (κ3) is 4.03. The van der Waals surface area contributed by atoms with E-state index in [4.69, 9.17) is 14.2 Å². The molecule has 4 rings (SSSR count). The summed E-state index contributed by atoms with van der Waals surface area (Å²) in [5, 5.41) is 6.46. The molecular weight excluding hydrogens is 344 g/mol. The summed E-state index contributed by atoms with van der Waals surface area (Å²) in [5.41, 5.74) is 1.67. The predicted molar refractivity (Wildman–Crippen MR) is 103 cm³/mol. The standard InChI is InChI=1S/C20H20N4O3/c1-13(2)27-16-6-4-3-5-15(16)23-19-9-10-21-20(24-19)22-14-7-8-17-18(11-14)26-12-25-17/h3-11,13H,12H2,1-2H3,(H2,21,22,23,24). The lowest BCUT2D eigenvalue weighted by Gasteiger charge is -2.15. The van der Waals surface area contributed by atoms with E-state index >= 15 is 0 Å². The Bertz CT molecular complexity index is 946. The van der Waals surface area contributed by atoms with Crippen LogP contribution in [0.3, 0.4) is 0 Å². The monoisotopic (exact) mass is 364 g/mol. The van der Waals surface area contributed by atoms with Gasteiger partial charge in [-0.05, 0) is 44.2 Å². The quantitative estimate of drug-likeness (QED) is 0.668. The maximum absolute atomic E-state index is 5.84. The molecule has 7 nitrogen and oxygen atoms in total. The van der Waals surface area contributed by atoms with Gasteiger partial charge in [0.1, 0.15) is 11.6 Å². The van der Waals surface area contributed by atoms with E-state index in [0.717, 1.165) is 22.9 Å². The van der Waals surface area contributed by atoms with Crippen molar-refractivity contribution in [1.29, 1.82) is 0 Å². The molecule has 0 bridgehead atoms. The topological polar surface area (TPSA) is 77.5 Å². The van der Waals surface area contributed by atoms with Crippen LogP contribution in [0.2, 0.25) is 0 Å². The second-order valence-electron chi connectivity index (χ2n) is 6.25. The Morgan fingerprint density at radius 2 is 1.85 bits per heavy atom. The van der Waals surface area contributed by atoms with Crippen LogP contribution in [0.1, 0.15) is 13.8 Å². The molecule has 3 aromatic rings. The van der Waals surface area contributed by atoms with Crippen LogP contribution in [0.5, 0.6) is 17.2 Å². The van der Waals surface area contributed by atoms with E-state index in [1.54, 1.807) is 12.3 Å². The van der Waals surface area contributed by atoms with Crippen LogP contribution in [0.4, 0.5) is 23.1 Å². The van der Waals surface area contributed by atoms with E-state index in [-0.39, 0.29) is 12.9 Å². The average molecular weight is 364 g/mol. The molecule has 0 amide bonds. The Kier molecular flexibility index (Phi) is 4.65. The molecule has 2 aromatic carbocycles. The number of para-hydroxylation sites is 2. The Balaban J connectivity index is 1.51. The molecule has 0 aliphatic carbocycles. The molecule has 27 heavy (non-hydrogen) atoms. The van der Waals surface area contributed by atoms with Gasteiger partial charge in [-0.1, -0.05) is 12.1 Å². The average Bonchev–Trinajstić information content (AvgIpc) is 3.11. The molecule has 0 atom stereocenters. The number of nitrogens with one attached hydrogen (secondary N) is 2. The number of benzene rings is 2. The molecule has 0 unspecified atom stereocenters. The smallest absolute Gasteiger partial charge is 0.231 e. The highest BCUT2D eigenvalue weighted by molar-refractivity contribution is 5.66. The van der Waals surface area contributed by atoms with Crippen LogP contribution >= 0.6 is 0 Å². The number of rotatable bonds is 6. The maximum atomic E-state index is 5.84. The zero-order valence-corrected chi connectivity index (χ0v) is 15.1. The van der Waals surface area contributed by atoms with Gasteiger partial charge < -0.3 is 24.8 Å². The minimum absolute atomic E-state index is 0.0848. The second-order valence-corrected chi connectivity index (χ2v) is 6.25. The highest BCUT2D eigenvalue weighted by Gasteiger charge is 2.13. The normalized spacial score (nSPS) is 12.1. The van der Waals surface area contributed by atoms with Crippen molar-refractivity contribution in [3.63, 3.8) is 0 Å². The van der Waals surface area contributed by atoms with Crippen molar-refractivity contribution in [2.75, 3.05) is 17.4 Å². The van der Waals surface area contributed by atoms with E-state index in [2.05, 4.69) is 20.6 Å². The van der Waals surface area contributed by atoms with Crippen LogP contribution in [0, 0.1) is 0 Å². The number of ether oxygens (including phenoxy) is 3. The lowest BCUT2D eigenvalue weighted by atomic mass is 10.3. The molecule has 0 radical (unpaired) electrons. The third-order valence-corrected chi connectivity index (χ3v) is 3.80. The summed E-state index contributed by atoms with van der Waals surface area (Å²) in [5.74, 6) is 3.35. The fraction of sp³-hybridized carbons (Fsp3) is 0.200. The Labute approximate surface area is 157 Å². The molecule has 138 valence electrons. The van der Waals surface area contributed by atoms with E-state index in [1.807, 2.05) is 56.3 Å². The van der Waals surface area contributed by atoms with Crippen LogP contribution in [-0.4, -0.2) is 22.9 Å². The molecule has 0 fully saturated rings.